The van der Waals surface area contributed by atoms with Crippen LogP contribution in [0.15, 0.2) is 30.3 Å². The summed E-state index contributed by atoms with van der Waals surface area (Å²) in [5.74, 6) is 2.50. The minimum absolute atomic E-state index is 0.239. The van der Waals surface area contributed by atoms with Gasteiger partial charge in [0.05, 0.1) is 27.4 Å². The van der Waals surface area contributed by atoms with Crippen LogP contribution in [0.4, 0.5) is 0 Å². The van der Waals surface area contributed by atoms with E-state index in [0.717, 1.165) is 5.56 Å². The topological polar surface area (TPSA) is 75.3 Å². The smallest absolute Gasteiger partial charge is 0.252 e. The van der Waals surface area contributed by atoms with Gasteiger partial charge in [-0.1, -0.05) is 6.07 Å². The van der Waals surface area contributed by atoms with Crippen LogP contribution in [-0.2, 0) is 0 Å². The van der Waals surface area contributed by atoms with Crippen LogP contribution in [0.25, 0.3) is 0 Å². The van der Waals surface area contributed by atoms with Gasteiger partial charge in [-0.2, -0.15) is 0 Å². The zero-order chi connectivity index (χ0) is 19.4. The lowest BCUT2D eigenvalue weighted by atomic mass is 10.1. The average Bonchev–Trinajstić information content (AvgIpc) is 2.72. The normalized spacial score (nSPS) is 13.5. The van der Waals surface area contributed by atoms with Crippen LogP contribution >= 0.6 is 0 Å². The first-order valence-electron chi connectivity index (χ1n) is 8.57. The van der Waals surface area contributed by atoms with Crippen LogP contribution < -0.4 is 29.0 Å². The third kappa shape index (κ3) is 3.86. The number of carbonyl (C=O) groups excluding carboxylic acids is 1. The Morgan fingerprint density at radius 3 is 2.37 bits per heavy atom. The molecule has 0 aromatic heterocycles. The molecule has 0 aliphatic carbocycles. The second kappa shape index (κ2) is 8.07. The predicted molar refractivity (Wildman–Crippen MR) is 99.4 cm³/mol. The van der Waals surface area contributed by atoms with Crippen molar-refractivity contribution >= 4 is 5.91 Å². The molecular formula is C20H23NO6. The largest absolute Gasteiger partial charge is 0.493 e. The van der Waals surface area contributed by atoms with Crippen LogP contribution in [0.5, 0.6) is 28.7 Å². The maximum atomic E-state index is 12.7. The van der Waals surface area contributed by atoms with Gasteiger partial charge in [-0.05, 0) is 36.8 Å². The Bertz CT molecular complexity index is 818. The minimum atomic E-state index is -0.243. The molecule has 0 saturated carbocycles. The zero-order valence-corrected chi connectivity index (χ0v) is 15.8. The van der Waals surface area contributed by atoms with Crippen LogP contribution in [0.2, 0.25) is 0 Å². The van der Waals surface area contributed by atoms with Crippen LogP contribution in [0, 0.1) is 0 Å². The molecule has 1 aliphatic rings. The lowest BCUT2D eigenvalue weighted by Crippen LogP contribution is -2.27. The number of benzene rings is 2. The molecular weight excluding hydrogens is 350 g/mol. The summed E-state index contributed by atoms with van der Waals surface area (Å²) in [5, 5.41) is 2.97. The van der Waals surface area contributed by atoms with Gasteiger partial charge in [0.2, 0.25) is 5.75 Å². The Kier molecular flexibility index (Phi) is 5.59. The molecule has 1 amide bonds. The SMILES string of the molecule is COc1ccc([C@H](C)NC(=O)c2cc(OC)c3c(c2)OCCO3)cc1OC. The molecule has 1 N–H and O–H groups in total. The number of rotatable bonds is 6. The van der Waals surface area contributed by atoms with E-state index < -0.39 is 0 Å². The molecule has 1 atom stereocenters. The van der Waals surface area contributed by atoms with E-state index in [0.29, 0.717) is 47.5 Å². The lowest BCUT2D eigenvalue weighted by molar-refractivity contribution is 0.0938. The van der Waals surface area contributed by atoms with Gasteiger partial charge >= 0.3 is 0 Å². The van der Waals surface area contributed by atoms with E-state index in [1.165, 1.54) is 7.11 Å². The van der Waals surface area contributed by atoms with Crippen LogP contribution in [0.1, 0.15) is 28.9 Å². The Hall–Kier alpha value is -3.09. The molecule has 7 heteroatoms. The van der Waals surface area contributed by atoms with Crippen molar-refractivity contribution in [3.05, 3.63) is 41.5 Å². The summed E-state index contributed by atoms with van der Waals surface area (Å²) in [4.78, 5) is 12.7. The van der Waals surface area contributed by atoms with Gasteiger partial charge in [-0.3, -0.25) is 4.79 Å². The standard InChI is InChI=1S/C20H23NO6/c1-12(13-5-6-15(23-2)16(9-13)24-3)21-20(22)14-10-17(25-4)19-18(11-14)26-7-8-27-19/h5-6,9-12H,7-8H2,1-4H3,(H,21,22)/t12-/m0/s1. The molecule has 0 unspecified atom stereocenters. The molecule has 0 saturated heterocycles. The third-order valence-electron chi connectivity index (χ3n) is 4.35. The van der Waals surface area contributed by atoms with E-state index in [2.05, 4.69) is 5.32 Å². The summed E-state index contributed by atoms with van der Waals surface area (Å²) >= 11 is 0. The van der Waals surface area contributed by atoms with Gasteiger partial charge in [-0.15, -0.1) is 0 Å². The number of ether oxygens (including phenoxy) is 5. The van der Waals surface area contributed by atoms with E-state index in [-0.39, 0.29) is 11.9 Å². The Morgan fingerprint density at radius 2 is 1.67 bits per heavy atom. The molecule has 7 nitrogen and oxygen atoms in total. The van der Waals surface area contributed by atoms with Gasteiger partial charge in [0.15, 0.2) is 23.0 Å². The molecule has 0 fully saturated rings. The number of carbonyl (C=O) groups is 1. The number of hydrogen-bond acceptors (Lipinski definition) is 6. The van der Waals surface area contributed by atoms with Gasteiger partial charge in [0.1, 0.15) is 13.2 Å². The fourth-order valence-electron chi connectivity index (χ4n) is 2.89. The average molecular weight is 373 g/mol. The van der Waals surface area contributed by atoms with Crippen molar-refractivity contribution in [2.75, 3.05) is 34.5 Å². The van der Waals surface area contributed by atoms with Gasteiger partial charge in [-0.25, -0.2) is 0 Å². The number of methoxy groups -OCH3 is 3. The zero-order valence-electron chi connectivity index (χ0n) is 15.8. The number of amides is 1. The molecule has 1 aliphatic heterocycles. The van der Waals surface area contributed by atoms with Crippen LogP contribution in [0.3, 0.4) is 0 Å². The molecule has 1 heterocycles. The van der Waals surface area contributed by atoms with Gasteiger partial charge in [0, 0.05) is 5.56 Å². The molecule has 0 radical (unpaired) electrons. The molecule has 0 bridgehead atoms. The first-order chi connectivity index (χ1) is 13.1. The Morgan fingerprint density at radius 1 is 0.963 bits per heavy atom. The molecule has 3 rings (SSSR count). The minimum Gasteiger partial charge on any atom is -0.493 e. The van der Waals surface area contributed by atoms with Crippen molar-refractivity contribution in [2.45, 2.75) is 13.0 Å². The quantitative estimate of drug-likeness (QED) is 0.839. The number of fused-ring (bicyclic) bond motifs is 1. The van der Waals surface area contributed by atoms with E-state index >= 15 is 0 Å². The Labute approximate surface area is 158 Å². The molecule has 27 heavy (non-hydrogen) atoms. The molecule has 2 aromatic carbocycles. The number of nitrogens with one attached hydrogen (secondary N) is 1. The van der Waals surface area contributed by atoms with Gasteiger partial charge < -0.3 is 29.0 Å². The summed E-state index contributed by atoms with van der Waals surface area (Å²) < 4.78 is 27.1. The second-order valence-electron chi connectivity index (χ2n) is 6.01. The third-order valence-corrected chi connectivity index (χ3v) is 4.35. The highest BCUT2D eigenvalue weighted by molar-refractivity contribution is 5.96. The van der Waals surface area contributed by atoms with Crippen molar-refractivity contribution in [1.29, 1.82) is 0 Å². The summed E-state index contributed by atoms with van der Waals surface area (Å²) in [6, 6.07) is 8.60. The fraction of sp³-hybridized carbons (Fsp3) is 0.350. The molecule has 144 valence electrons. The Balaban J connectivity index is 1.81. The van der Waals surface area contributed by atoms with Gasteiger partial charge in [0.25, 0.3) is 5.91 Å². The molecule has 0 spiro atoms. The maximum absolute atomic E-state index is 12.7. The monoisotopic (exact) mass is 373 g/mol. The summed E-state index contributed by atoms with van der Waals surface area (Å²) in [6.07, 6.45) is 0. The summed E-state index contributed by atoms with van der Waals surface area (Å²) in [5.41, 5.74) is 1.33. The molecule has 2 aromatic rings. The van der Waals surface area contributed by atoms with Crippen molar-refractivity contribution < 1.29 is 28.5 Å². The highest BCUT2D eigenvalue weighted by Crippen LogP contribution is 2.40. The second-order valence-corrected chi connectivity index (χ2v) is 6.01. The highest BCUT2D eigenvalue weighted by Gasteiger charge is 2.22. The van der Waals surface area contributed by atoms with E-state index in [1.807, 2.05) is 25.1 Å². The number of hydrogen-bond donors (Lipinski definition) is 1. The first-order valence-corrected chi connectivity index (χ1v) is 8.57. The first kappa shape index (κ1) is 18.7. The van der Waals surface area contributed by atoms with Crippen molar-refractivity contribution in [2.24, 2.45) is 0 Å². The maximum Gasteiger partial charge on any atom is 0.252 e. The van der Waals surface area contributed by atoms with E-state index in [1.54, 1.807) is 26.4 Å². The predicted octanol–water partition coefficient (Wildman–Crippen LogP) is 2.97. The highest BCUT2D eigenvalue weighted by atomic mass is 16.6. The van der Waals surface area contributed by atoms with Crippen molar-refractivity contribution in [1.82, 2.24) is 5.32 Å². The fourth-order valence-corrected chi connectivity index (χ4v) is 2.89. The van der Waals surface area contributed by atoms with Crippen molar-refractivity contribution in [3.8, 4) is 28.7 Å². The summed E-state index contributed by atoms with van der Waals surface area (Å²) in [6.45, 7) is 2.78. The summed E-state index contributed by atoms with van der Waals surface area (Å²) in [7, 11) is 4.69. The lowest BCUT2D eigenvalue weighted by Gasteiger charge is -2.22. The van der Waals surface area contributed by atoms with E-state index in [4.69, 9.17) is 23.7 Å². The van der Waals surface area contributed by atoms with Crippen LogP contribution in [-0.4, -0.2) is 40.5 Å². The van der Waals surface area contributed by atoms with E-state index in [9.17, 15) is 4.79 Å². The van der Waals surface area contributed by atoms with Crippen molar-refractivity contribution in [3.63, 3.8) is 0 Å².